The van der Waals surface area contributed by atoms with E-state index in [0.29, 0.717) is 5.02 Å². The second kappa shape index (κ2) is 9.04. The van der Waals surface area contributed by atoms with E-state index in [1.165, 1.54) is 12.1 Å². The Morgan fingerprint density at radius 2 is 1.63 bits per heavy atom. The molecule has 3 aromatic carbocycles. The highest BCUT2D eigenvalue weighted by molar-refractivity contribution is 7.92. The Morgan fingerprint density at radius 1 is 1.00 bits per heavy atom. The molecule has 0 saturated carbocycles. The van der Waals surface area contributed by atoms with Crippen molar-refractivity contribution in [3.05, 3.63) is 88.2 Å². The number of carbonyl (C=O) groups excluding carboxylic acids is 1. The average Bonchev–Trinajstić information content (AvgIpc) is 2.70. The van der Waals surface area contributed by atoms with E-state index in [-0.39, 0.29) is 21.3 Å². The number of rotatable bonds is 6. The van der Waals surface area contributed by atoms with Crippen LogP contribution in [-0.4, -0.2) is 20.9 Å². The van der Waals surface area contributed by atoms with E-state index in [1.807, 2.05) is 6.92 Å². The Labute approximate surface area is 184 Å². The quantitative estimate of drug-likeness (QED) is 0.537. The Morgan fingerprint density at radius 3 is 2.27 bits per heavy atom. The van der Waals surface area contributed by atoms with Crippen molar-refractivity contribution in [3.63, 3.8) is 0 Å². The summed E-state index contributed by atoms with van der Waals surface area (Å²) < 4.78 is 40.7. The van der Waals surface area contributed by atoms with Crippen molar-refractivity contribution in [1.29, 1.82) is 0 Å². The monoisotopic (exact) mass is 466 g/mol. The van der Waals surface area contributed by atoms with E-state index in [2.05, 4.69) is 5.32 Å². The van der Waals surface area contributed by atoms with Crippen molar-refractivity contribution >= 4 is 50.5 Å². The van der Waals surface area contributed by atoms with Crippen LogP contribution < -0.4 is 9.62 Å². The molecule has 156 valence electrons. The van der Waals surface area contributed by atoms with Gasteiger partial charge in [-0.15, -0.1) is 0 Å². The molecule has 3 aromatic rings. The molecule has 30 heavy (non-hydrogen) atoms. The van der Waals surface area contributed by atoms with Crippen LogP contribution in [0.25, 0.3) is 0 Å². The van der Waals surface area contributed by atoms with Gasteiger partial charge in [-0.2, -0.15) is 0 Å². The number of carbonyl (C=O) groups is 1. The molecule has 0 saturated heterocycles. The highest BCUT2D eigenvalue weighted by atomic mass is 35.5. The molecule has 0 atom stereocenters. The molecule has 0 aliphatic heterocycles. The fraction of sp³-hybridized carbons (Fsp3) is 0.0952. The normalized spacial score (nSPS) is 11.2. The van der Waals surface area contributed by atoms with E-state index in [4.69, 9.17) is 23.2 Å². The van der Waals surface area contributed by atoms with Crippen molar-refractivity contribution in [2.45, 2.75) is 11.8 Å². The van der Waals surface area contributed by atoms with Crippen molar-refractivity contribution in [1.82, 2.24) is 0 Å². The molecule has 0 aromatic heterocycles. The number of amides is 1. The van der Waals surface area contributed by atoms with Crippen LogP contribution in [0.4, 0.5) is 15.8 Å². The summed E-state index contributed by atoms with van der Waals surface area (Å²) in [7, 11) is -4.14. The van der Waals surface area contributed by atoms with Gasteiger partial charge in [0.25, 0.3) is 10.0 Å². The molecule has 0 bridgehead atoms. The van der Waals surface area contributed by atoms with Gasteiger partial charge in [-0.3, -0.25) is 9.10 Å². The maximum atomic E-state index is 13.3. The molecule has 1 amide bonds. The lowest BCUT2D eigenvalue weighted by Gasteiger charge is -2.24. The minimum absolute atomic E-state index is 0.141. The first-order valence-corrected chi connectivity index (χ1v) is 11.0. The first kappa shape index (κ1) is 22.1. The number of anilines is 2. The van der Waals surface area contributed by atoms with Crippen LogP contribution >= 0.6 is 23.2 Å². The first-order chi connectivity index (χ1) is 14.2. The number of nitrogens with zero attached hydrogens (tertiary/aromatic N) is 1. The third-order valence-corrected chi connectivity index (χ3v) is 6.57. The molecule has 0 fully saturated rings. The second-order valence-corrected chi connectivity index (χ2v) is 9.18. The van der Waals surface area contributed by atoms with Gasteiger partial charge < -0.3 is 5.32 Å². The predicted octanol–water partition coefficient (Wildman–Crippen LogP) is 5.27. The Bertz CT molecular complexity index is 1170. The molecule has 0 aliphatic carbocycles. The number of halogens is 3. The summed E-state index contributed by atoms with van der Waals surface area (Å²) in [5.41, 5.74) is 1.47. The topological polar surface area (TPSA) is 66.5 Å². The van der Waals surface area contributed by atoms with Gasteiger partial charge >= 0.3 is 0 Å². The Balaban J connectivity index is 1.95. The van der Waals surface area contributed by atoms with E-state index >= 15 is 0 Å². The van der Waals surface area contributed by atoms with Crippen LogP contribution in [0.3, 0.4) is 0 Å². The van der Waals surface area contributed by atoms with E-state index in [0.717, 1.165) is 34.1 Å². The maximum absolute atomic E-state index is 13.3. The smallest absolute Gasteiger partial charge is 0.264 e. The summed E-state index contributed by atoms with van der Waals surface area (Å²) in [6.45, 7) is 1.34. The number of aryl methyl sites for hydroxylation is 1. The third-order valence-electron chi connectivity index (χ3n) is 4.21. The second-order valence-electron chi connectivity index (χ2n) is 6.47. The fourth-order valence-corrected chi connectivity index (χ4v) is 4.43. The predicted molar refractivity (Wildman–Crippen MR) is 117 cm³/mol. The number of hydrogen-bond donors (Lipinski definition) is 1. The summed E-state index contributed by atoms with van der Waals surface area (Å²) in [4.78, 5) is 12.5. The molecule has 5 nitrogen and oxygen atoms in total. The maximum Gasteiger partial charge on any atom is 0.264 e. The van der Waals surface area contributed by atoms with Gasteiger partial charge in [-0.05, 0) is 61.5 Å². The lowest BCUT2D eigenvalue weighted by molar-refractivity contribution is -0.114. The molecular formula is C21H17Cl2FN2O3S. The molecular weight excluding hydrogens is 450 g/mol. The summed E-state index contributed by atoms with van der Waals surface area (Å²) in [6.07, 6.45) is 0. The largest absolute Gasteiger partial charge is 0.323 e. The number of benzene rings is 3. The standard InChI is InChI=1S/C21H17Cl2FN2O3S/c1-14-2-7-17(8-3-14)26(30(28,29)18-9-5-16(24)6-10-18)13-21(27)25-20-12-15(22)4-11-19(20)23/h2-12H,13H2,1H3,(H,25,27). The highest BCUT2D eigenvalue weighted by Gasteiger charge is 2.27. The zero-order chi connectivity index (χ0) is 21.9. The molecule has 0 aliphatic rings. The lowest BCUT2D eigenvalue weighted by Crippen LogP contribution is -2.38. The molecule has 0 radical (unpaired) electrons. The Hall–Kier alpha value is -2.61. The minimum atomic E-state index is -4.14. The van der Waals surface area contributed by atoms with Crippen molar-refractivity contribution in [2.75, 3.05) is 16.2 Å². The van der Waals surface area contributed by atoms with E-state index in [9.17, 15) is 17.6 Å². The molecule has 0 unspecified atom stereocenters. The summed E-state index contributed by atoms with van der Waals surface area (Å²) in [5, 5.41) is 3.20. The van der Waals surface area contributed by atoms with Crippen molar-refractivity contribution in [2.24, 2.45) is 0 Å². The summed E-state index contributed by atoms with van der Waals surface area (Å²) in [5.74, 6) is -1.19. The number of hydrogen-bond acceptors (Lipinski definition) is 3. The lowest BCUT2D eigenvalue weighted by atomic mass is 10.2. The number of sulfonamides is 1. The SMILES string of the molecule is Cc1ccc(N(CC(=O)Nc2cc(Cl)ccc2Cl)S(=O)(=O)c2ccc(F)cc2)cc1. The molecule has 3 rings (SSSR count). The first-order valence-electron chi connectivity index (χ1n) is 8.77. The zero-order valence-electron chi connectivity index (χ0n) is 15.8. The molecule has 9 heteroatoms. The average molecular weight is 467 g/mol. The van der Waals surface area contributed by atoms with E-state index < -0.39 is 28.3 Å². The molecule has 1 N–H and O–H groups in total. The van der Waals surface area contributed by atoms with Gasteiger partial charge in [0, 0.05) is 5.02 Å². The minimum Gasteiger partial charge on any atom is -0.323 e. The van der Waals surface area contributed by atoms with Gasteiger partial charge in [0.15, 0.2) is 0 Å². The van der Waals surface area contributed by atoms with Crippen LogP contribution in [0.5, 0.6) is 0 Å². The van der Waals surface area contributed by atoms with Gasteiger partial charge in [-0.1, -0.05) is 40.9 Å². The van der Waals surface area contributed by atoms with Crippen molar-refractivity contribution in [3.8, 4) is 0 Å². The summed E-state index contributed by atoms with van der Waals surface area (Å²) >= 11 is 12.0. The van der Waals surface area contributed by atoms with Crippen LogP contribution in [0.2, 0.25) is 10.0 Å². The van der Waals surface area contributed by atoms with Crippen LogP contribution in [-0.2, 0) is 14.8 Å². The van der Waals surface area contributed by atoms with Gasteiger partial charge in [0.2, 0.25) is 5.91 Å². The number of nitrogens with one attached hydrogen (secondary N) is 1. The van der Waals surface area contributed by atoms with Crippen molar-refractivity contribution < 1.29 is 17.6 Å². The molecule has 0 heterocycles. The third kappa shape index (κ3) is 5.11. The molecule has 0 spiro atoms. The summed E-state index contributed by atoms with van der Waals surface area (Å²) in [6, 6.07) is 15.6. The van der Waals surface area contributed by atoms with Gasteiger partial charge in [-0.25, -0.2) is 12.8 Å². The van der Waals surface area contributed by atoms with Crippen LogP contribution in [0, 0.1) is 12.7 Å². The Kier molecular flexibility index (Phi) is 6.65. The van der Waals surface area contributed by atoms with Gasteiger partial charge in [0.1, 0.15) is 12.4 Å². The highest BCUT2D eigenvalue weighted by Crippen LogP contribution is 2.27. The van der Waals surface area contributed by atoms with Crippen LogP contribution in [0.15, 0.2) is 71.6 Å². The van der Waals surface area contributed by atoms with E-state index in [1.54, 1.807) is 30.3 Å². The van der Waals surface area contributed by atoms with Crippen LogP contribution in [0.1, 0.15) is 5.56 Å². The van der Waals surface area contributed by atoms with Gasteiger partial charge in [0.05, 0.1) is 21.3 Å². The zero-order valence-corrected chi connectivity index (χ0v) is 18.1. The fourth-order valence-electron chi connectivity index (χ4n) is 2.67.